The summed E-state index contributed by atoms with van der Waals surface area (Å²) in [6.07, 6.45) is 5.71. The summed E-state index contributed by atoms with van der Waals surface area (Å²) in [4.78, 5) is 22.2. The minimum absolute atomic E-state index is 0.0888. The van der Waals surface area contributed by atoms with Gasteiger partial charge in [0.1, 0.15) is 23.4 Å². The Morgan fingerprint density at radius 3 is 2.96 bits per heavy atom. The molecule has 3 N–H and O–H groups in total. The van der Waals surface area contributed by atoms with Crippen molar-refractivity contribution in [3.63, 3.8) is 0 Å². The van der Waals surface area contributed by atoms with Crippen molar-refractivity contribution in [2.24, 2.45) is 5.73 Å². The Balaban J connectivity index is 1.97. The van der Waals surface area contributed by atoms with Gasteiger partial charge in [-0.15, -0.1) is 11.3 Å². The third-order valence-corrected chi connectivity index (χ3v) is 6.05. The van der Waals surface area contributed by atoms with Crippen LogP contribution in [0.4, 0.5) is 0 Å². The lowest BCUT2D eigenvalue weighted by Crippen LogP contribution is -2.29. The van der Waals surface area contributed by atoms with Gasteiger partial charge in [-0.2, -0.15) is 0 Å². The van der Waals surface area contributed by atoms with E-state index in [1.54, 1.807) is 17.7 Å². The number of aliphatic hydroxyl groups is 1. The monoisotopic (exact) mass is 363 g/mol. The molecule has 3 atom stereocenters. The maximum Gasteiger partial charge on any atom is 0.246 e. The Hall–Kier alpha value is -1.73. The number of hydrogen-bond donors (Lipinski definition) is 2. The lowest BCUT2D eigenvalue weighted by atomic mass is 9.94. The molecule has 2 aromatic heterocycles. The molecule has 0 saturated carbocycles. The average molecular weight is 363 g/mol. The number of nitrogens with zero attached hydrogens (tertiary/aromatic N) is 2. The first-order valence-corrected chi connectivity index (χ1v) is 9.77. The lowest BCUT2D eigenvalue weighted by Gasteiger charge is -2.18. The number of aromatic nitrogens is 2. The molecule has 0 spiro atoms. The fourth-order valence-electron chi connectivity index (χ4n) is 3.58. The number of hydrogen-bond acceptors (Lipinski definition) is 6. The molecule has 136 valence electrons. The second-order valence-corrected chi connectivity index (χ2v) is 7.71. The number of carbonyl (C=O) groups is 1. The highest BCUT2D eigenvalue weighted by atomic mass is 32.1. The number of thiophene rings is 1. The summed E-state index contributed by atoms with van der Waals surface area (Å²) in [6, 6.07) is 0. The van der Waals surface area contributed by atoms with E-state index in [1.165, 1.54) is 4.88 Å². The van der Waals surface area contributed by atoms with E-state index in [1.807, 2.05) is 0 Å². The summed E-state index contributed by atoms with van der Waals surface area (Å²) >= 11 is 1.66. The standard InChI is InChI=1S/C18H25N3O3S/c1-3-5-11(4-2)24-17-15-14-10(8-12(22)16(19)23)6-7-13(14)25-18(15)21-9-20-17/h9-12,22H,3-8H2,1-2H3,(H2,19,23). The maximum absolute atomic E-state index is 11.2. The van der Waals surface area contributed by atoms with Crippen LogP contribution in [0.2, 0.25) is 0 Å². The number of nitrogens with two attached hydrogens (primary N) is 1. The average Bonchev–Trinajstić information content (AvgIpc) is 3.14. The molecule has 3 rings (SSSR count). The molecule has 0 aliphatic heterocycles. The van der Waals surface area contributed by atoms with Gasteiger partial charge in [-0.25, -0.2) is 9.97 Å². The molecular formula is C18H25N3O3S. The highest BCUT2D eigenvalue weighted by Gasteiger charge is 2.32. The van der Waals surface area contributed by atoms with Crippen molar-refractivity contribution in [2.75, 3.05) is 0 Å². The molecule has 7 heteroatoms. The molecule has 0 aromatic carbocycles. The van der Waals surface area contributed by atoms with Crippen LogP contribution < -0.4 is 10.5 Å². The number of fused-ring (bicyclic) bond motifs is 3. The van der Waals surface area contributed by atoms with Crippen molar-refractivity contribution >= 4 is 27.5 Å². The quantitative estimate of drug-likeness (QED) is 0.751. The molecule has 2 heterocycles. The first kappa shape index (κ1) is 18.1. The van der Waals surface area contributed by atoms with Crippen LogP contribution in [0.25, 0.3) is 10.2 Å². The van der Waals surface area contributed by atoms with Gasteiger partial charge in [0.25, 0.3) is 0 Å². The van der Waals surface area contributed by atoms with Crippen molar-refractivity contribution in [2.45, 2.75) is 70.5 Å². The third kappa shape index (κ3) is 3.62. The van der Waals surface area contributed by atoms with Gasteiger partial charge in [0.2, 0.25) is 11.8 Å². The number of carbonyl (C=O) groups excluding carboxylic acids is 1. The van der Waals surface area contributed by atoms with Gasteiger partial charge in [-0.05, 0) is 43.6 Å². The van der Waals surface area contributed by atoms with Crippen LogP contribution in [0.15, 0.2) is 6.33 Å². The SMILES string of the molecule is CCCC(CC)Oc1ncnc2sc3c(c12)C(CC(O)C(N)=O)CC3. The topological polar surface area (TPSA) is 98.3 Å². The van der Waals surface area contributed by atoms with Gasteiger partial charge in [0.15, 0.2) is 0 Å². The van der Waals surface area contributed by atoms with E-state index < -0.39 is 12.0 Å². The van der Waals surface area contributed by atoms with Crippen LogP contribution in [0.5, 0.6) is 5.88 Å². The van der Waals surface area contributed by atoms with Crippen LogP contribution in [-0.4, -0.2) is 33.2 Å². The molecule has 0 saturated heterocycles. The summed E-state index contributed by atoms with van der Waals surface area (Å²) in [6.45, 7) is 4.26. The Morgan fingerprint density at radius 1 is 1.48 bits per heavy atom. The smallest absolute Gasteiger partial charge is 0.246 e. The Morgan fingerprint density at radius 2 is 2.28 bits per heavy atom. The van der Waals surface area contributed by atoms with E-state index in [4.69, 9.17) is 10.5 Å². The summed E-state index contributed by atoms with van der Waals surface area (Å²) < 4.78 is 6.20. The molecule has 3 unspecified atom stereocenters. The Bertz CT molecular complexity index is 761. The highest BCUT2D eigenvalue weighted by molar-refractivity contribution is 7.19. The van der Waals surface area contributed by atoms with Crippen LogP contribution in [0, 0.1) is 0 Å². The van der Waals surface area contributed by atoms with Crippen molar-refractivity contribution in [3.8, 4) is 5.88 Å². The lowest BCUT2D eigenvalue weighted by molar-refractivity contribution is -0.126. The van der Waals surface area contributed by atoms with E-state index in [-0.39, 0.29) is 12.0 Å². The zero-order chi connectivity index (χ0) is 18.0. The van der Waals surface area contributed by atoms with Gasteiger partial charge in [0, 0.05) is 4.88 Å². The second kappa shape index (κ2) is 7.66. The summed E-state index contributed by atoms with van der Waals surface area (Å²) in [5, 5.41) is 10.9. The largest absolute Gasteiger partial charge is 0.474 e. The fraction of sp³-hybridized carbons (Fsp3) is 0.611. The number of rotatable bonds is 8. The summed E-state index contributed by atoms with van der Waals surface area (Å²) in [7, 11) is 0. The molecule has 2 aromatic rings. The molecule has 1 aliphatic carbocycles. The second-order valence-electron chi connectivity index (χ2n) is 6.62. The van der Waals surface area contributed by atoms with Gasteiger partial charge in [-0.1, -0.05) is 20.3 Å². The molecule has 1 aliphatic rings. The number of amides is 1. The molecule has 0 fully saturated rings. The van der Waals surface area contributed by atoms with Crippen LogP contribution in [-0.2, 0) is 11.2 Å². The van der Waals surface area contributed by atoms with Crippen LogP contribution in [0.1, 0.15) is 62.3 Å². The van der Waals surface area contributed by atoms with Crippen LogP contribution >= 0.6 is 11.3 Å². The van der Waals surface area contributed by atoms with E-state index >= 15 is 0 Å². The van der Waals surface area contributed by atoms with E-state index in [9.17, 15) is 9.90 Å². The molecule has 0 radical (unpaired) electrons. The van der Waals surface area contributed by atoms with Crippen LogP contribution in [0.3, 0.4) is 0 Å². The minimum Gasteiger partial charge on any atom is -0.474 e. The van der Waals surface area contributed by atoms with Crippen molar-refractivity contribution in [1.82, 2.24) is 9.97 Å². The Labute approximate surface area is 151 Å². The summed E-state index contributed by atoms with van der Waals surface area (Å²) in [5.41, 5.74) is 6.37. The van der Waals surface area contributed by atoms with Crippen molar-refractivity contribution in [1.29, 1.82) is 0 Å². The zero-order valence-electron chi connectivity index (χ0n) is 14.7. The molecule has 1 amide bonds. The maximum atomic E-state index is 11.2. The highest BCUT2D eigenvalue weighted by Crippen LogP contribution is 2.47. The predicted molar refractivity (Wildman–Crippen MR) is 97.9 cm³/mol. The van der Waals surface area contributed by atoms with E-state index in [0.29, 0.717) is 12.3 Å². The zero-order valence-corrected chi connectivity index (χ0v) is 15.5. The van der Waals surface area contributed by atoms with E-state index in [0.717, 1.165) is 47.9 Å². The fourth-order valence-corrected chi connectivity index (χ4v) is 4.81. The van der Waals surface area contributed by atoms with Gasteiger partial charge in [0.05, 0.1) is 5.39 Å². The third-order valence-electron chi connectivity index (χ3n) is 4.88. The van der Waals surface area contributed by atoms with Gasteiger partial charge < -0.3 is 15.6 Å². The van der Waals surface area contributed by atoms with E-state index in [2.05, 4.69) is 23.8 Å². The molecule has 0 bridgehead atoms. The molecular weight excluding hydrogens is 338 g/mol. The minimum atomic E-state index is -1.12. The normalized spacial score (nSPS) is 18.9. The number of aliphatic hydroxyl groups excluding tert-OH is 1. The first-order valence-electron chi connectivity index (χ1n) is 8.95. The first-order chi connectivity index (χ1) is 12.0. The number of ether oxygens (including phenoxy) is 1. The van der Waals surface area contributed by atoms with Gasteiger partial charge in [-0.3, -0.25) is 4.79 Å². The summed E-state index contributed by atoms with van der Waals surface area (Å²) in [5.74, 6) is 0.0452. The predicted octanol–water partition coefficient (Wildman–Crippen LogP) is 2.91. The van der Waals surface area contributed by atoms with Crippen molar-refractivity contribution in [3.05, 3.63) is 16.8 Å². The van der Waals surface area contributed by atoms with Crippen molar-refractivity contribution < 1.29 is 14.6 Å². The molecule has 25 heavy (non-hydrogen) atoms. The number of primary amides is 1. The number of aryl methyl sites for hydroxylation is 1. The van der Waals surface area contributed by atoms with Gasteiger partial charge >= 0.3 is 0 Å². The Kier molecular flexibility index (Phi) is 5.54. The molecule has 6 nitrogen and oxygen atoms in total.